The van der Waals surface area contributed by atoms with Gasteiger partial charge in [-0.3, -0.25) is 14.2 Å². The standard InChI is InChI=1S/C12H15BrClN5O/c1-3-19-11(9(13)4-16-19)5-15-12(20)7-18-6-10(14)8(2)17-18/h4,6H,3,5,7H2,1-2H3,(H,15,20). The maximum absolute atomic E-state index is 11.9. The van der Waals surface area contributed by atoms with Crippen molar-refractivity contribution in [2.75, 3.05) is 0 Å². The summed E-state index contributed by atoms with van der Waals surface area (Å²) in [5.74, 6) is -0.125. The Labute approximate surface area is 130 Å². The quantitative estimate of drug-likeness (QED) is 0.888. The summed E-state index contributed by atoms with van der Waals surface area (Å²) in [5.41, 5.74) is 1.65. The van der Waals surface area contributed by atoms with Gasteiger partial charge >= 0.3 is 0 Å². The molecule has 0 fully saturated rings. The average Bonchev–Trinajstić information content (AvgIpc) is 2.90. The van der Waals surface area contributed by atoms with Gasteiger partial charge in [-0.15, -0.1) is 0 Å². The molecule has 0 radical (unpaired) electrons. The van der Waals surface area contributed by atoms with Crippen LogP contribution in [0.4, 0.5) is 0 Å². The molecule has 0 aliphatic rings. The molecular weight excluding hydrogens is 346 g/mol. The number of aryl methyl sites for hydroxylation is 2. The minimum Gasteiger partial charge on any atom is -0.349 e. The summed E-state index contributed by atoms with van der Waals surface area (Å²) in [6, 6.07) is 0. The minimum atomic E-state index is -0.125. The third-order valence-electron chi connectivity index (χ3n) is 2.84. The number of carbonyl (C=O) groups excluding carboxylic acids is 1. The lowest BCUT2D eigenvalue weighted by molar-refractivity contribution is -0.122. The van der Waals surface area contributed by atoms with Crippen LogP contribution in [0.1, 0.15) is 18.3 Å². The summed E-state index contributed by atoms with van der Waals surface area (Å²) < 4.78 is 4.25. The van der Waals surface area contributed by atoms with E-state index in [0.29, 0.717) is 17.3 Å². The Morgan fingerprint density at radius 1 is 1.55 bits per heavy atom. The van der Waals surface area contributed by atoms with Gasteiger partial charge in [0.15, 0.2) is 0 Å². The molecule has 0 aromatic carbocycles. The second-order valence-electron chi connectivity index (χ2n) is 4.29. The summed E-state index contributed by atoms with van der Waals surface area (Å²) in [5, 5.41) is 11.7. The molecule has 1 amide bonds. The number of hydrogen-bond donors (Lipinski definition) is 1. The van der Waals surface area contributed by atoms with Crippen molar-refractivity contribution >= 4 is 33.4 Å². The average molecular weight is 361 g/mol. The maximum Gasteiger partial charge on any atom is 0.242 e. The van der Waals surface area contributed by atoms with Crippen LogP contribution < -0.4 is 5.32 Å². The molecule has 2 aromatic rings. The molecule has 1 N–H and O–H groups in total. The number of amides is 1. The van der Waals surface area contributed by atoms with E-state index in [4.69, 9.17) is 11.6 Å². The van der Waals surface area contributed by atoms with Gasteiger partial charge in [-0.25, -0.2) is 0 Å². The number of nitrogens with one attached hydrogen (secondary N) is 1. The fourth-order valence-electron chi connectivity index (χ4n) is 1.80. The number of aromatic nitrogens is 4. The number of hydrogen-bond acceptors (Lipinski definition) is 3. The van der Waals surface area contributed by atoms with Crippen LogP contribution in [-0.2, 0) is 24.4 Å². The van der Waals surface area contributed by atoms with E-state index in [1.54, 1.807) is 19.3 Å². The van der Waals surface area contributed by atoms with Crippen LogP contribution >= 0.6 is 27.5 Å². The van der Waals surface area contributed by atoms with Gasteiger partial charge in [0.2, 0.25) is 5.91 Å². The third kappa shape index (κ3) is 3.40. The Morgan fingerprint density at radius 3 is 2.90 bits per heavy atom. The van der Waals surface area contributed by atoms with Gasteiger partial charge < -0.3 is 5.32 Å². The molecule has 0 bridgehead atoms. The molecule has 2 rings (SSSR count). The van der Waals surface area contributed by atoms with Gasteiger partial charge in [0.05, 0.1) is 33.6 Å². The molecule has 0 saturated carbocycles. The van der Waals surface area contributed by atoms with Gasteiger partial charge in [0.25, 0.3) is 0 Å². The van der Waals surface area contributed by atoms with Gasteiger partial charge in [-0.2, -0.15) is 10.2 Å². The van der Waals surface area contributed by atoms with E-state index in [1.165, 1.54) is 4.68 Å². The van der Waals surface area contributed by atoms with Gasteiger partial charge in [-0.1, -0.05) is 11.6 Å². The smallest absolute Gasteiger partial charge is 0.242 e. The Kier molecular flexibility index (Phi) is 4.82. The van der Waals surface area contributed by atoms with Crippen LogP contribution in [0, 0.1) is 6.92 Å². The predicted octanol–water partition coefficient (Wildman–Crippen LogP) is 2.14. The lowest BCUT2D eigenvalue weighted by Crippen LogP contribution is -2.28. The zero-order valence-corrected chi connectivity index (χ0v) is 13.6. The maximum atomic E-state index is 11.9. The molecule has 8 heteroatoms. The molecule has 0 saturated heterocycles. The van der Waals surface area contributed by atoms with E-state index < -0.39 is 0 Å². The fraction of sp³-hybridized carbons (Fsp3) is 0.417. The van der Waals surface area contributed by atoms with Gasteiger partial charge in [0.1, 0.15) is 6.54 Å². The Morgan fingerprint density at radius 2 is 2.30 bits per heavy atom. The summed E-state index contributed by atoms with van der Waals surface area (Å²) in [7, 11) is 0. The van der Waals surface area contributed by atoms with Crippen molar-refractivity contribution in [3.05, 3.63) is 33.3 Å². The van der Waals surface area contributed by atoms with E-state index in [1.807, 2.05) is 11.6 Å². The Balaban J connectivity index is 1.93. The van der Waals surface area contributed by atoms with Crippen LogP contribution in [-0.4, -0.2) is 25.5 Å². The SMILES string of the molecule is CCn1ncc(Br)c1CNC(=O)Cn1cc(Cl)c(C)n1. The number of rotatable bonds is 5. The van der Waals surface area contributed by atoms with Gasteiger partial charge in [0, 0.05) is 12.7 Å². The van der Waals surface area contributed by atoms with Crippen molar-refractivity contribution < 1.29 is 4.79 Å². The zero-order valence-electron chi connectivity index (χ0n) is 11.2. The largest absolute Gasteiger partial charge is 0.349 e. The molecule has 0 aliphatic heterocycles. The number of halogens is 2. The molecule has 0 spiro atoms. The molecular formula is C12H15BrClN5O. The van der Waals surface area contributed by atoms with Crippen molar-refractivity contribution in [1.82, 2.24) is 24.9 Å². The highest BCUT2D eigenvalue weighted by atomic mass is 79.9. The van der Waals surface area contributed by atoms with Crippen molar-refractivity contribution in [2.45, 2.75) is 33.5 Å². The Bertz CT molecular complexity index is 602. The second kappa shape index (κ2) is 6.41. The van der Waals surface area contributed by atoms with Crippen LogP contribution in [0.15, 0.2) is 16.9 Å². The first-order valence-electron chi connectivity index (χ1n) is 6.17. The monoisotopic (exact) mass is 359 g/mol. The molecule has 2 heterocycles. The van der Waals surface area contributed by atoms with Crippen molar-refractivity contribution in [2.24, 2.45) is 0 Å². The second-order valence-corrected chi connectivity index (χ2v) is 5.55. The zero-order chi connectivity index (χ0) is 14.7. The summed E-state index contributed by atoms with van der Waals surface area (Å²) in [6.45, 7) is 5.12. The fourth-order valence-corrected chi connectivity index (χ4v) is 2.38. The van der Waals surface area contributed by atoms with E-state index in [2.05, 4.69) is 31.4 Å². The van der Waals surface area contributed by atoms with Crippen LogP contribution in [0.25, 0.3) is 0 Å². The molecule has 20 heavy (non-hydrogen) atoms. The molecule has 108 valence electrons. The summed E-state index contributed by atoms with van der Waals surface area (Å²) in [6.07, 6.45) is 3.37. The molecule has 0 aliphatic carbocycles. The first kappa shape index (κ1) is 15.1. The molecule has 0 atom stereocenters. The highest BCUT2D eigenvalue weighted by Crippen LogP contribution is 2.15. The lowest BCUT2D eigenvalue weighted by Gasteiger charge is -2.08. The highest BCUT2D eigenvalue weighted by Gasteiger charge is 2.10. The summed E-state index contributed by atoms with van der Waals surface area (Å²) >= 11 is 9.32. The van der Waals surface area contributed by atoms with Crippen LogP contribution in [0.2, 0.25) is 5.02 Å². The van der Waals surface area contributed by atoms with E-state index in [-0.39, 0.29) is 12.5 Å². The van der Waals surface area contributed by atoms with E-state index in [9.17, 15) is 4.79 Å². The molecule has 2 aromatic heterocycles. The van der Waals surface area contributed by atoms with Crippen molar-refractivity contribution in [3.8, 4) is 0 Å². The number of carbonyl (C=O) groups is 1. The van der Waals surface area contributed by atoms with Gasteiger partial charge in [-0.05, 0) is 29.8 Å². The van der Waals surface area contributed by atoms with E-state index >= 15 is 0 Å². The van der Waals surface area contributed by atoms with Crippen LogP contribution in [0.5, 0.6) is 0 Å². The third-order valence-corrected chi connectivity index (χ3v) is 3.88. The normalized spacial score (nSPS) is 10.8. The predicted molar refractivity (Wildman–Crippen MR) is 79.4 cm³/mol. The Hall–Kier alpha value is -1.34. The minimum absolute atomic E-state index is 0.125. The summed E-state index contributed by atoms with van der Waals surface area (Å²) in [4.78, 5) is 11.9. The number of nitrogens with zero attached hydrogens (tertiary/aromatic N) is 4. The highest BCUT2D eigenvalue weighted by molar-refractivity contribution is 9.10. The van der Waals surface area contributed by atoms with Crippen LogP contribution in [0.3, 0.4) is 0 Å². The first-order chi connectivity index (χ1) is 9.51. The molecule has 6 nitrogen and oxygen atoms in total. The topological polar surface area (TPSA) is 64.7 Å². The van der Waals surface area contributed by atoms with Crippen molar-refractivity contribution in [1.29, 1.82) is 0 Å². The van der Waals surface area contributed by atoms with Crippen molar-refractivity contribution in [3.63, 3.8) is 0 Å². The van der Waals surface area contributed by atoms with E-state index in [0.717, 1.165) is 16.7 Å². The lowest BCUT2D eigenvalue weighted by atomic mass is 10.4. The first-order valence-corrected chi connectivity index (χ1v) is 7.34. The molecule has 0 unspecified atom stereocenters.